The van der Waals surface area contributed by atoms with E-state index >= 15 is 0 Å². The van der Waals surface area contributed by atoms with E-state index in [9.17, 15) is 4.21 Å². The molecule has 0 heterocycles. The zero-order valence-electron chi connectivity index (χ0n) is 12.8. The lowest BCUT2D eigenvalue weighted by molar-refractivity contribution is 0.253. The highest BCUT2D eigenvalue weighted by Crippen LogP contribution is 2.26. The minimum absolute atomic E-state index is 0.228. The molecule has 2 nitrogen and oxygen atoms in total. The molecule has 118 valence electrons. The predicted octanol–water partition coefficient (Wildman–Crippen LogP) is 4.92. The smallest absolute Gasteiger partial charge is 0.0498 e. The maximum absolute atomic E-state index is 11.4. The Labute approximate surface area is 144 Å². The lowest BCUT2D eigenvalue weighted by Crippen LogP contribution is -2.22. The summed E-state index contributed by atoms with van der Waals surface area (Å²) in [7, 11) is 1.12. The number of nitrogens with zero attached hydrogens (tertiary/aromatic N) is 1. The Bertz CT molecular complexity index is 673. The number of halogens is 2. The fraction of sp³-hybridized carbons (Fsp3) is 0.294. The van der Waals surface area contributed by atoms with Crippen LogP contribution in [0.4, 0.5) is 0 Å². The third kappa shape index (κ3) is 4.32. The number of hydrogen-bond donors (Lipinski definition) is 0. The third-order valence-corrected chi connectivity index (χ3v) is 5.31. The minimum atomic E-state index is -0.942. The lowest BCUT2D eigenvalue weighted by atomic mass is 10.1. The SMILES string of the molecule is CC(c1ccc(S(C)=O)cc1)N(C)Cc1ccc(Cl)cc1Cl. The van der Waals surface area contributed by atoms with Gasteiger partial charge in [-0.15, -0.1) is 0 Å². The quantitative estimate of drug-likeness (QED) is 0.758. The average Bonchev–Trinajstić information content (AvgIpc) is 2.49. The van der Waals surface area contributed by atoms with Gasteiger partial charge in [0.25, 0.3) is 0 Å². The van der Waals surface area contributed by atoms with Crippen LogP contribution in [-0.4, -0.2) is 22.4 Å². The van der Waals surface area contributed by atoms with E-state index in [-0.39, 0.29) is 6.04 Å². The van der Waals surface area contributed by atoms with Gasteiger partial charge in [-0.05, 0) is 49.4 Å². The lowest BCUT2D eigenvalue weighted by Gasteiger charge is -2.25. The normalized spacial score (nSPS) is 14.1. The van der Waals surface area contributed by atoms with Crippen LogP contribution in [0, 0.1) is 0 Å². The highest BCUT2D eigenvalue weighted by Gasteiger charge is 2.14. The summed E-state index contributed by atoms with van der Waals surface area (Å²) in [6.45, 7) is 2.88. The Morgan fingerprint density at radius 2 is 1.77 bits per heavy atom. The summed E-state index contributed by atoms with van der Waals surface area (Å²) < 4.78 is 11.4. The summed E-state index contributed by atoms with van der Waals surface area (Å²) in [6, 6.07) is 13.7. The van der Waals surface area contributed by atoms with Crippen molar-refractivity contribution in [3.05, 3.63) is 63.6 Å². The molecule has 2 aromatic carbocycles. The minimum Gasteiger partial charge on any atom is -0.295 e. The molecule has 0 fully saturated rings. The van der Waals surface area contributed by atoms with Crippen LogP contribution in [0.1, 0.15) is 24.1 Å². The standard InChI is InChI=1S/C17H19Cl2NOS/c1-12(13-5-8-16(9-6-13)22(3)21)20(2)11-14-4-7-15(18)10-17(14)19/h4-10,12H,11H2,1-3H3. The van der Waals surface area contributed by atoms with Crippen molar-refractivity contribution in [1.29, 1.82) is 0 Å². The van der Waals surface area contributed by atoms with Gasteiger partial charge in [0.1, 0.15) is 0 Å². The van der Waals surface area contributed by atoms with Crippen LogP contribution < -0.4 is 0 Å². The van der Waals surface area contributed by atoms with Gasteiger partial charge in [0.05, 0.1) is 0 Å². The van der Waals surface area contributed by atoms with Crippen molar-refractivity contribution >= 4 is 34.0 Å². The van der Waals surface area contributed by atoms with E-state index in [1.54, 1.807) is 12.3 Å². The van der Waals surface area contributed by atoms with Crippen LogP contribution in [0.15, 0.2) is 47.4 Å². The van der Waals surface area contributed by atoms with Crippen molar-refractivity contribution in [2.45, 2.75) is 24.4 Å². The summed E-state index contributed by atoms with van der Waals surface area (Å²) in [6.07, 6.45) is 1.69. The monoisotopic (exact) mass is 355 g/mol. The van der Waals surface area contributed by atoms with Crippen LogP contribution in [0.25, 0.3) is 0 Å². The highest BCUT2D eigenvalue weighted by atomic mass is 35.5. The van der Waals surface area contributed by atoms with Crippen molar-refractivity contribution in [3.63, 3.8) is 0 Å². The van der Waals surface area contributed by atoms with E-state index in [1.807, 2.05) is 36.4 Å². The number of benzene rings is 2. The summed E-state index contributed by atoms with van der Waals surface area (Å²) in [4.78, 5) is 3.06. The fourth-order valence-corrected chi connectivity index (χ4v) is 3.24. The van der Waals surface area contributed by atoms with E-state index in [2.05, 4.69) is 18.9 Å². The zero-order chi connectivity index (χ0) is 16.3. The summed E-state index contributed by atoms with van der Waals surface area (Å²) in [5.74, 6) is 0. The van der Waals surface area contributed by atoms with Gasteiger partial charge >= 0.3 is 0 Å². The molecule has 0 radical (unpaired) electrons. The molecule has 0 bridgehead atoms. The molecule has 0 amide bonds. The van der Waals surface area contributed by atoms with Gasteiger partial charge in [-0.25, -0.2) is 0 Å². The summed E-state index contributed by atoms with van der Waals surface area (Å²) in [5, 5.41) is 1.33. The predicted molar refractivity (Wildman–Crippen MR) is 95.1 cm³/mol. The van der Waals surface area contributed by atoms with Crippen molar-refractivity contribution in [1.82, 2.24) is 4.90 Å². The van der Waals surface area contributed by atoms with Gasteiger partial charge in [-0.1, -0.05) is 41.4 Å². The van der Waals surface area contributed by atoms with Crippen LogP contribution in [0.2, 0.25) is 10.0 Å². The summed E-state index contributed by atoms with van der Waals surface area (Å²) in [5.41, 5.74) is 2.23. The highest BCUT2D eigenvalue weighted by molar-refractivity contribution is 7.84. The first-order valence-corrected chi connectivity index (χ1v) is 9.27. The molecule has 2 unspecified atom stereocenters. The van der Waals surface area contributed by atoms with Gasteiger partial charge in [-0.3, -0.25) is 9.11 Å². The molecule has 0 saturated heterocycles. The molecule has 0 aliphatic carbocycles. The molecule has 0 saturated carbocycles. The summed E-state index contributed by atoms with van der Waals surface area (Å²) >= 11 is 12.2. The second-order valence-corrected chi connectivity index (χ2v) is 7.57. The van der Waals surface area contributed by atoms with E-state index in [1.165, 1.54) is 5.56 Å². The van der Waals surface area contributed by atoms with Gasteiger partial charge in [-0.2, -0.15) is 0 Å². The number of hydrogen-bond acceptors (Lipinski definition) is 2. The molecular weight excluding hydrogens is 337 g/mol. The Morgan fingerprint density at radius 1 is 1.14 bits per heavy atom. The fourth-order valence-electron chi connectivity index (χ4n) is 2.25. The molecule has 0 spiro atoms. The van der Waals surface area contributed by atoms with Gasteiger partial charge in [0.15, 0.2) is 0 Å². The van der Waals surface area contributed by atoms with Crippen LogP contribution in [-0.2, 0) is 17.3 Å². The van der Waals surface area contributed by atoms with E-state index < -0.39 is 10.8 Å². The molecule has 2 rings (SSSR count). The Morgan fingerprint density at radius 3 is 2.32 bits per heavy atom. The zero-order valence-corrected chi connectivity index (χ0v) is 15.2. The van der Waals surface area contributed by atoms with E-state index in [4.69, 9.17) is 23.2 Å². The topological polar surface area (TPSA) is 20.3 Å². The first kappa shape index (κ1) is 17.5. The molecule has 2 atom stereocenters. The van der Waals surface area contributed by atoms with E-state index in [0.29, 0.717) is 10.0 Å². The van der Waals surface area contributed by atoms with Crippen molar-refractivity contribution < 1.29 is 4.21 Å². The van der Waals surface area contributed by atoms with E-state index in [0.717, 1.165) is 17.0 Å². The largest absolute Gasteiger partial charge is 0.295 e. The Balaban J connectivity index is 2.11. The van der Waals surface area contributed by atoms with Crippen molar-refractivity contribution in [2.24, 2.45) is 0 Å². The maximum atomic E-state index is 11.4. The van der Waals surface area contributed by atoms with Gasteiger partial charge in [0, 0.05) is 44.6 Å². The molecule has 0 aliphatic heterocycles. The van der Waals surface area contributed by atoms with Crippen LogP contribution >= 0.6 is 23.2 Å². The molecule has 0 aliphatic rings. The van der Waals surface area contributed by atoms with Gasteiger partial charge in [0.2, 0.25) is 0 Å². The van der Waals surface area contributed by atoms with Crippen molar-refractivity contribution in [2.75, 3.05) is 13.3 Å². The average molecular weight is 356 g/mol. The van der Waals surface area contributed by atoms with Crippen LogP contribution in [0.3, 0.4) is 0 Å². The van der Waals surface area contributed by atoms with Crippen molar-refractivity contribution in [3.8, 4) is 0 Å². The Kier molecular flexibility index (Phi) is 6.04. The molecule has 22 heavy (non-hydrogen) atoms. The Hall–Kier alpha value is -0.870. The first-order chi connectivity index (χ1) is 10.4. The number of rotatable bonds is 5. The molecule has 0 aromatic heterocycles. The second-order valence-electron chi connectivity index (χ2n) is 5.35. The molecule has 2 aromatic rings. The molecular formula is C17H19Cl2NOS. The first-order valence-electron chi connectivity index (χ1n) is 6.96. The molecule has 0 N–H and O–H groups in total. The molecule has 5 heteroatoms. The second kappa shape index (κ2) is 7.60. The van der Waals surface area contributed by atoms with Crippen LogP contribution in [0.5, 0.6) is 0 Å². The maximum Gasteiger partial charge on any atom is 0.0498 e. The van der Waals surface area contributed by atoms with Gasteiger partial charge < -0.3 is 0 Å². The third-order valence-electron chi connectivity index (χ3n) is 3.79.